The minimum Gasteiger partial charge on any atom is -0.367 e. The summed E-state index contributed by atoms with van der Waals surface area (Å²) >= 11 is 0. The first-order valence-corrected chi connectivity index (χ1v) is 6.24. The molecular weight excluding hydrogens is 236 g/mol. The van der Waals surface area contributed by atoms with Crippen LogP contribution in [-0.4, -0.2) is 16.7 Å². The van der Waals surface area contributed by atoms with Gasteiger partial charge in [-0.3, -0.25) is 0 Å². The maximum Gasteiger partial charge on any atom is 0.166 e. The molecule has 1 aromatic heterocycles. The lowest BCUT2D eigenvalue weighted by Gasteiger charge is -2.09. The number of aryl methyl sites for hydroxylation is 1. The third-order valence-corrected chi connectivity index (χ3v) is 3.12. The highest BCUT2D eigenvalue weighted by Crippen LogP contribution is 2.16. The molecule has 4 nitrogen and oxygen atoms in total. The van der Waals surface area contributed by atoms with Crippen LogP contribution in [0.5, 0.6) is 0 Å². The highest BCUT2D eigenvalue weighted by atomic mass is 15.2. The predicted octanol–water partition coefficient (Wildman–Crippen LogP) is 2.62. The number of nitriles is 1. The Bertz CT molecular complexity index is 600. The molecule has 0 saturated carbocycles. The van der Waals surface area contributed by atoms with Gasteiger partial charge in [0.1, 0.15) is 11.6 Å². The van der Waals surface area contributed by atoms with E-state index >= 15 is 0 Å². The number of nitrogens with zero attached hydrogens (tertiary/aromatic N) is 3. The van der Waals surface area contributed by atoms with Crippen molar-refractivity contribution in [2.75, 3.05) is 11.9 Å². The fraction of sp³-hybridized carbons (Fsp3) is 0.267. The van der Waals surface area contributed by atoms with Gasteiger partial charge >= 0.3 is 0 Å². The molecule has 19 heavy (non-hydrogen) atoms. The normalized spacial score (nSPS) is 9.95. The monoisotopic (exact) mass is 252 g/mol. The van der Waals surface area contributed by atoms with Gasteiger partial charge in [-0.05, 0) is 31.4 Å². The minimum atomic E-state index is 0.571. The summed E-state index contributed by atoms with van der Waals surface area (Å²) in [5, 5.41) is 20.5. The van der Waals surface area contributed by atoms with Gasteiger partial charge in [-0.2, -0.15) is 10.4 Å². The predicted molar refractivity (Wildman–Crippen MR) is 74.9 cm³/mol. The Balaban J connectivity index is 2.05. The summed E-state index contributed by atoms with van der Waals surface area (Å²) in [6.07, 6.45) is 0.889. The maximum absolute atomic E-state index is 9.18. The van der Waals surface area contributed by atoms with E-state index in [1.54, 1.807) is 0 Å². The fourth-order valence-electron chi connectivity index (χ4n) is 1.84. The first kappa shape index (κ1) is 13.0. The Morgan fingerprint density at radius 1 is 1.16 bits per heavy atom. The standard InChI is InChI=1S/C15H16N4/c1-11-12(2)18-19-15(14(11)10-16)17-9-8-13-6-4-3-5-7-13/h3-7H,8-9H2,1-2H3,(H,17,19). The van der Waals surface area contributed by atoms with Crippen LogP contribution < -0.4 is 5.32 Å². The zero-order valence-corrected chi connectivity index (χ0v) is 11.1. The lowest BCUT2D eigenvalue weighted by molar-refractivity contribution is 0.927. The number of rotatable bonds is 4. The van der Waals surface area contributed by atoms with E-state index in [1.165, 1.54) is 5.56 Å². The number of benzene rings is 1. The number of hydrogen-bond donors (Lipinski definition) is 1. The SMILES string of the molecule is Cc1nnc(NCCc2ccccc2)c(C#N)c1C. The molecule has 96 valence electrons. The Morgan fingerprint density at radius 3 is 2.58 bits per heavy atom. The van der Waals surface area contributed by atoms with Crippen molar-refractivity contribution in [3.8, 4) is 6.07 Å². The minimum absolute atomic E-state index is 0.571. The number of nitrogens with one attached hydrogen (secondary N) is 1. The molecule has 4 heteroatoms. The number of hydrogen-bond acceptors (Lipinski definition) is 4. The van der Waals surface area contributed by atoms with Crippen LogP contribution >= 0.6 is 0 Å². The molecule has 0 spiro atoms. The molecule has 0 aliphatic rings. The van der Waals surface area contributed by atoms with Gasteiger partial charge in [0.15, 0.2) is 5.82 Å². The van der Waals surface area contributed by atoms with E-state index < -0.39 is 0 Å². The van der Waals surface area contributed by atoms with E-state index in [-0.39, 0.29) is 0 Å². The summed E-state index contributed by atoms with van der Waals surface area (Å²) in [7, 11) is 0. The molecule has 0 aliphatic heterocycles. The van der Waals surface area contributed by atoms with Crippen molar-refractivity contribution in [1.82, 2.24) is 10.2 Å². The summed E-state index contributed by atoms with van der Waals surface area (Å²) < 4.78 is 0. The van der Waals surface area contributed by atoms with E-state index in [2.05, 4.69) is 33.7 Å². The van der Waals surface area contributed by atoms with Gasteiger partial charge < -0.3 is 5.32 Å². The van der Waals surface area contributed by atoms with E-state index in [0.717, 1.165) is 24.2 Å². The van der Waals surface area contributed by atoms with Crippen molar-refractivity contribution in [3.63, 3.8) is 0 Å². The summed E-state index contributed by atoms with van der Waals surface area (Å²) in [5.74, 6) is 0.571. The van der Waals surface area contributed by atoms with Gasteiger partial charge in [-0.15, -0.1) is 5.10 Å². The molecule has 0 atom stereocenters. The molecule has 0 fully saturated rings. The van der Waals surface area contributed by atoms with Crippen molar-refractivity contribution < 1.29 is 0 Å². The van der Waals surface area contributed by atoms with Gasteiger partial charge in [0, 0.05) is 6.54 Å². The lowest BCUT2D eigenvalue weighted by Crippen LogP contribution is -2.10. The molecule has 2 rings (SSSR count). The summed E-state index contributed by atoms with van der Waals surface area (Å²) in [4.78, 5) is 0. The van der Waals surface area contributed by atoms with Crippen molar-refractivity contribution in [2.45, 2.75) is 20.3 Å². The maximum atomic E-state index is 9.18. The highest BCUT2D eigenvalue weighted by molar-refractivity contribution is 5.55. The second-order valence-electron chi connectivity index (χ2n) is 4.41. The highest BCUT2D eigenvalue weighted by Gasteiger charge is 2.09. The fourth-order valence-corrected chi connectivity index (χ4v) is 1.84. The smallest absolute Gasteiger partial charge is 0.166 e. The first-order valence-electron chi connectivity index (χ1n) is 6.24. The topological polar surface area (TPSA) is 61.6 Å². The molecule has 1 N–H and O–H groups in total. The van der Waals surface area contributed by atoms with Crippen molar-refractivity contribution >= 4 is 5.82 Å². The van der Waals surface area contributed by atoms with Gasteiger partial charge in [-0.25, -0.2) is 0 Å². The summed E-state index contributed by atoms with van der Waals surface area (Å²) in [6.45, 7) is 4.48. The van der Waals surface area contributed by atoms with Crippen molar-refractivity contribution in [3.05, 3.63) is 52.7 Å². The summed E-state index contributed by atoms with van der Waals surface area (Å²) in [6, 6.07) is 12.4. The largest absolute Gasteiger partial charge is 0.367 e. The van der Waals surface area contributed by atoms with Gasteiger partial charge in [-0.1, -0.05) is 30.3 Å². The molecule has 0 saturated heterocycles. The molecule has 1 aromatic carbocycles. The molecule has 0 amide bonds. The Hall–Kier alpha value is -2.41. The Morgan fingerprint density at radius 2 is 1.89 bits per heavy atom. The van der Waals surface area contributed by atoms with Gasteiger partial charge in [0.05, 0.1) is 5.69 Å². The van der Waals surface area contributed by atoms with Crippen LogP contribution in [0.25, 0.3) is 0 Å². The zero-order valence-electron chi connectivity index (χ0n) is 11.1. The van der Waals surface area contributed by atoms with Crippen LogP contribution in [0.1, 0.15) is 22.4 Å². The zero-order chi connectivity index (χ0) is 13.7. The Kier molecular flexibility index (Phi) is 4.09. The molecule has 0 radical (unpaired) electrons. The van der Waals surface area contributed by atoms with E-state index in [0.29, 0.717) is 11.4 Å². The van der Waals surface area contributed by atoms with Crippen LogP contribution in [0.15, 0.2) is 30.3 Å². The Labute approximate surface area is 113 Å². The average Bonchev–Trinajstić information content (AvgIpc) is 2.44. The third kappa shape index (κ3) is 3.08. The first-order chi connectivity index (χ1) is 9.22. The number of aromatic nitrogens is 2. The molecule has 0 aliphatic carbocycles. The van der Waals surface area contributed by atoms with Crippen LogP contribution in [-0.2, 0) is 6.42 Å². The van der Waals surface area contributed by atoms with Crippen LogP contribution in [0, 0.1) is 25.2 Å². The van der Waals surface area contributed by atoms with Crippen molar-refractivity contribution in [2.24, 2.45) is 0 Å². The second-order valence-corrected chi connectivity index (χ2v) is 4.41. The lowest BCUT2D eigenvalue weighted by atomic mass is 10.1. The average molecular weight is 252 g/mol. The third-order valence-electron chi connectivity index (χ3n) is 3.12. The quantitative estimate of drug-likeness (QED) is 0.908. The van der Waals surface area contributed by atoms with Crippen molar-refractivity contribution in [1.29, 1.82) is 5.26 Å². The molecule has 0 bridgehead atoms. The molecule has 2 aromatic rings. The molecular formula is C15H16N4. The van der Waals surface area contributed by atoms with E-state index in [9.17, 15) is 5.26 Å². The van der Waals surface area contributed by atoms with Gasteiger partial charge in [0.25, 0.3) is 0 Å². The van der Waals surface area contributed by atoms with E-state index in [1.807, 2.05) is 32.0 Å². The molecule has 1 heterocycles. The molecule has 0 unspecified atom stereocenters. The van der Waals surface area contributed by atoms with Crippen LogP contribution in [0.3, 0.4) is 0 Å². The number of anilines is 1. The van der Waals surface area contributed by atoms with Crippen LogP contribution in [0.4, 0.5) is 5.82 Å². The van der Waals surface area contributed by atoms with Crippen LogP contribution in [0.2, 0.25) is 0 Å². The van der Waals surface area contributed by atoms with Gasteiger partial charge in [0.2, 0.25) is 0 Å². The summed E-state index contributed by atoms with van der Waals surface area (Å²) in [5.41, 5.74) is 3.52. The van der Waals surface area contributed by atoms with E-state index in [4.69, 9.17) is 0 Å². The second kappa shape index (κ2) is 5.96.